The fraction of sp³-hybridized carbons (Fsp3) is 0.500. The molecule has 2 heterocycles. The van der Waals surface area contributed by atoms with Crippen LogP contribution in [0.3, 0.4) is 0 Å². The summed E-state index contributed by atoms with van der Waals surface area (Å²) < 4.78 is 10.8. The molecular formula is C10H16N4O2. The Bertz CT molecular complexity index is 328. The number of pyridine rings is 1. The van der Waals surface area contributed by atoms with Gasteiger partial charge in [0.2, 0.25) is 0 Å². The first kappa shape index (κ1) is 11.1. The van der Waals surface area contributed by atoms with E-state index in [1.165, 1.54) is 0 Å². The Morgan fingerprint density at radius 3 is 3.19 bits per heavy atom. The number of hydrazine groups is 1. The Hall–Kier alpha value is -1.37. The Labute approximate surface area is 94.1 Å². The fourth-order valence-electron chi connectivity index (χ4n) is 1.51. The molecule has 0 aromatic carbocycles. The number of nitrogen functional groups attached to an aromatic ring is 1. The van der Waals surface area contributed by atoms with Gasteiger partial charge in [-0.15, -0.1) is 0 Å². The highest BCUT2D eigenvalue weighted by Gasteiger charge is 2.13. The molecule has 6 heteroatoms. The van der Waals surface area contributed by atoms with Gasteiger partial charge in [-0.2, -0.15) is 0 Å². The largest absolute Gasteiger partial charge is 0.382 e. The number of nitrogens with two attached hydrogens (primary N) is 1. The number of rotatable bonds is 4. The van der Waals surface area contributed by atoms with Gasteiger partial charge in [0.25, 0.3) is 0 Å². The first-order chi connectivity index (χ1) is 7.88. The van der Waals surface area contributed by atoms with Crippen LogP contribution >= 0.6 is 0 Å². The molecule has 4 N–H and O–H groups in total. The topological polar surface area (TPSA) is 81.4 Å². The van der Waals surface area contributed by atoms with Crippen molar-refractivity contribution in [2.75, 3.05) is 37.1 Å². The van der Waals surface area contributed by atoms with Crippen molar-refractivity contribution >= 4 is 11.5 Å². The minimum absolute atomic E-state index is 0.108. The standard InChI is InChI=1S/C10H16N4O2/c11-14-10-5-8(1-2-12-10)13-6-9-7-15-3-4-16-9/h1-2,5,9H,3-4,6-7,11H2,(H2,12,13,14). The number of nitrogens with zero attached hydrogens (tertiary/aromatic N) is 1. The van der Waals surface area contributed by atoms with Crippen LogP contribution in [0.5, 0.6) is 0 Å². The van der Waals surface area contributed by atoms with Crippen LogP contribution in [0.1, 0.15) is 0 Å². The van der Waals surface area contributed by atoms with Gasteiger partial charge in [-0.05, 0) is 6.07 Å². The van der Waals surface area contributed by atoms with Gasteiger partial charge in [0.1, 0.15) is 5.82 Å². The maximum absolute atomic E-state index is 5.51. The lowest BCUT2D eigenvalue weighted by molar-refractivity contribution is -0.0818. The Kier molecular flexibility index (Phi) is 3.92. The van der Waals surface area contributed by atoms with Crippen molar-refractivity contribution in [3.8, 4) is 0 Å². The number of hydrogen-bond acceptors (Lipinski definition) is 6. The lowest BCUT2D eigenvalue weighted by Gasteiger charge is -2.23. The molecular weight excluding hydrogens is 208 g/mol. The molecule has 1 unspecified atom stereocenters. The van der Waals surface area contributed by atoms with E-state index in [0.717, 1.165) is 5.69 Å². The third-order valence-corrected chi connectivity index (χ3v) is 2.33. The van der Waals surface area contributed by atoms with Crippen molar-refractivity contribution in [3.63, 3.8) is 0 Å². The molecule has 6 nitrogen and oxygen atoms in total. The van der Waals surface area contributed by atoms with Crippen molar-refractivity contribution in [3.05, 3.63) is 18.3 Å². The number of aromatic nitrogens is 1. The summed E-state index contributed by atoms with van der Waals surface area (Å²) in [6, 6.07) is 3.72. The molecule has 1 aliphatic rings. The molecule has 1 aromatic heterocycles. The van der Waals surface area contributed by atoms with E-state index >= 15 is 0 Å². The van der Waals surface area contributed by atoms with E-state index in [1.807, 2.05) is 12.1 Å². The molecule has 2 rings (SSSR count). The highest BCUT2D eigenvalue weighted by molar-refractivity contribution is 5.51. The smallest absolute Gasteiger partial charge is 0.141 e. The molecule has 88 valence electrons. The van der Waals surface area contributed by atoms with Crippen LogP contribution in [-0.4, -0.2) is 37.5 Å². The average molecular weight is 224 g/mol. The Morgan fingerprint density at radius 2 is 2.44 bits per heavy atom. The number of anilines is 2. The van der Waals surface area contributed by atoms with Gasteiger partial charge < -0.3 is 20.2 Å². The molecule has 0 radical (unpaired) electrons. The predicted molar refractivity (Wildman–Crippen MR) is 61.1 cm³/mol. The second-order valence-corrected chi connectivity index (χ2v) is 3.52. The SMILES string of the molecule is NNc1cc(NCC2COCCO2)ccn1. The predicted octanol–water partition coefficient (Wildman–Crippen LogP) is 0.194. The quantitative estimate of drug-likeness (QED) is 0.500. The first-order valence-electron chi connectivity index (χ1n) is 5.24. The summed E-state index contributed by atoms with van der Waals surface area (Å²) in [7, 11) is 0. The minimum atomic E-state index is 0.108. The zero-order valence-electron chi connectivity index (χ0n) is 8.98. The van der Waals surface area contributed by atoms with E-state index in [-0.39, 0.29) is 6.10 Å². The van der Waals surface area contributed by atoms with Gasteiger partial charge in [0, 0.05) is 24.5 Å². The fourth-order valence-corrected chi connectivity index (χ4v) is 1.51. The van der Waals surface area contributed by atoms with Crippen LogP contribution in [-0.2, 0) is 9.47 Å². The van der Waals surface area contributed by atoms with Crippen LogP contribution in [0.25, 0.3) is 0 Å². The maximum Gasteiger partial charge on any atom is 0.141 e. The third kappa shape index (κ3) is 3.06. The zero-order valence-corrected chi connectivity index (χ0v) is 8.98. The average Bonchev–Trinajstić information content (AvgIpc) is 2.38. The zero-order chi connectivity index (χ0) is 11.2. The van der Waals surface area contributed by atoms with E-state index in [1.54, 1.807) is 6.20 Å². The van der Waals surface area contributed by atoms with E-state index in [2.05, 4.69) is 15.7 Å². The molecule has 0 saturated carbocycles. The van der Waals surface area contributed by atoms with Gasteiger partial charge in [-0.3, -0.25) is 0 Å². The molecule has 1 saturated heterocycles. The van der Waals surface area contributed by atoms with Crippen molar-refractivity contribution < 1.29 is 9.47 Å². The summed E-state index contributed by atoms with van der Waals surface area (Å²) in [6.45, 7) is 2.71. The molecule has 0 amide bonds. The van der Waals surface area contributed by atoms with Crippen LogP contribution in [0.4, 0.5) is 11.5 Å². The monoisotopic (exact) mass is 224 g/mol. The Morgan fingerprint density at radius 1 is 1.50 bits per heavy atom. The van der Waals surface area contributed by atoms with Crippen LogP contribution in [0.2, 0.25) is 0 Å². The molecule has 1 fully saturated rings. The summed E-state index contributed by atoms with van der Waals surface area (Å²) in [6.07, 6.45) is 1.80. The lowest BCUT2D eigenvalue weighted by Crippen LogP contribution is -2.34. The van der Waals surface area contributed by atoms with Gasteiger partial charge in [0.05, 0.1) is 25.9 Å². The van der Waals surface area contributed by atoms with Gasteiger partial charge >= 0.3 is 0 Å². The van der Waals surface area contributed by atoms with Crippen LogP contribution < -0.4 is 16.6 Å². The third-order valence-electron chi connectivity index (χ3n) is 2.33. The Balaban J connectivity index is 1.83. The molecule has 0 bridgehead atoms. The van der Waals surface area contributed by atoms with Crippen molar-refractivity contribution in [1.82, 2.24) is 4.98 Å². The van der Waals surface area contributed by atoms with Crippen LogP contribution in [0.15, 0.2) is 18.3 Å². The molecule has 1 atom stereocenters. The first-order valence-corrected chi connectivity index (χ1v) is 5.24. The number of hydrogen-bond donors (Lipinski definition) is 3. The second kappa shape index (κ2) is 5.64. The molecule has 0 aliphatic carbocycles. The number of nitrogens with one attached hydrogen (secondary N) is 2. The molecule has 16 heavy (non-hydrogen) atoms. The summed E-state index contributed by atoms with van der Waals surface area (Å²) >= 11 is 0. The molecule has 1 aromatic rings. The highest BCUT2D eigenvalue weighted by Crippen LogP contribution is 2.11. The van der Waals surface area contributed by atoms with Gasteiger partial charge in [-0.25, -0.2) is 10.8 Å². The summed E-state index contributed by atoms with van der Waals surface area (Å²) in [5.74, 6) is 5.90. The van der Waals surface area contributed by atoms with Crippen molar-refractivity contribution in [2.24, 2.45) is 5.84 Å². The normalized spacial score (nSPS) is 20.4. The van der Waals surface area contributed by atoms with Crippen molar-refractivity contribution in [1.29, 1.82) is 0 Å². The highest BCUT2D eigenvalue weighted by atomic mass is 16.6. The lowest BCUT2D eigenvalue weighted by atomic mass is 10.3. The number of ether oxygens (including phenoxy) is 2. The van der Waals surface area contributed by atoms with Gasteiger partial charge in [0.15, 0.2) is 0 Å². The van der Waals surface area contributed by atoms with Gasteiger partial charge in [-0.1, -0.05) is 0 Å². The van der Waals surface area contributed by atoms with Crippen molar-refractivity contribution in [2.45, 2.75) is 6.10 Å². The summed E-state index contributed by atoms with van der Waals surface area (Å²) in [5.41, 5.74) is 3.45. The molecule has 0 spiro atoms. The van der Waals surface area contributed by atoms with E-state index in [4.69, 9.17) is 15.3 Å². The van der Waals surface area contributed by atoms with E-state index in [0.29, 0.717) is 32.2 Å². The minimum Gasteiger partial charge on any atom is -0.382 e. The van der Waals surface area contributed by atoms with E-state index < -0.39 is 0 Å². The van der Waals surface area contributed by atoms with Crippen LogP contribution in [0, 0.1) is 0 Å². The van der Waals surface area contributed by atoms with E-state index in [9.17, 15) is 0 Å². The summed E-state index contributed by atoms with van der Waals surface area (Å²) in [4.78, 5) is 4.02. The molecule has 1 aliphatic heterocycles. The summed E-state index contributed by atoms with van der Waals surface area (Å²) in [5, 5.41) is 3.25. The maximum atomic E-state index is 5.51. The second-order valence-electron chi connectivity index (χ2n) is 3.52.